The highest BCUT2D eigenvalue weighted by atomic mass is 16.5. The molecule has 0 aliphatic heterocycles. The number of pyridine rings is 1. The summed E-state index contributed by atoms with van der Waals surface area (Å²) < 4.78 is 5.90. The second-order valence-corrected chi connectivity index (χ2v) is 5.30. The topological polar surface area (TPSA) is 85.7 Å². The molecule has 4 aromatic rings. The summed E-state index contributed by atoms with van der Waals surface area (Å²) in [5.74, 6) is 1.82. The van der Waals surface area contributed by atoms with Crippen LogP contribution in [0, 0.1) is 0 Å². The van der Waals surface area contributed by atoms with E-state index in [1.165, 1.54) is 6.33 Å². The molecule has 3 heterocycles. The maximum absolute atomic E-state index is 5.90. The summed E-state index contributed by atoms with van der Waals surface area (Å²) in [7, 11) is 0. The standard InChI is InChI=1S/C19H14N6O/c1-2-8-22-17(3-1)25-15-4-6-16(7-5-15)26-19-18(23-9-10-24-19)14-11-20-13-21-12-14/h1-13H,(H,22,25). The van der Waals surface area contributed by atoms with Crippen molar-refractivity contribution in [2.75, 3.05) is 5.32 Å². The molecule has 0 amide bonds. The summed E-state index contributed by atoms with van der Waals surface area (Å²) in [5.41, 5.74) is 2.24. The molecule has 0 radical (unpaired) electrons. The smallest absolute Gasteiger partial charge is 0.246 e. The molecule has 1 N–H and O–H groups in total. The number of ether oxygens (including phenoxy) is 1. The average molecular weight is 342 g/mol. The maximum Gasteiger partial charge on any atom is 0.246 e. The van der Waals surface area contributed by atoms with Gasteiger partial charge in [-0.2, -0.15) is 0 Å². The van der Waals surface area contributed by atoms with Gasteiger partial charge >= 0.3 is 0 Å². The highest BCUT2D eigenvalue weighted by Crippen LogP contribution is 2.29. The van der Waals surface area contributed by atoms with Crippen molar-refractivity contribution < 1.29 is 4.74 Å². The van der Waals surface area contributed by atoms with E-state index in [-0.39, 0.29) is 0 Å². The summed E-state index contributed by atoms with van der Waals surface area (Å²) in [4.78, 5) is 20.9. The van der Waals surface area contributed by atoms with E-state index in [1.807, 2.05) is 42.5 Å². The van der Waals surface area contributed by atoms with Gasteiger partial charge in [-0.15, -0.1) is 0 Å². The lowest BCUT2D eigenvalue weighted by molar-refractivity contribution is 0.462. The SMILES string of the molecule is c1ccc(Nc2ccc(Oc3nccnc3-c3cncnc3)cc2)nc1. The van der Waals surface area contributed by atoms with Crippen LogP contribution in [-0.4, -0.2) is 24.9 Å². The van der Waals surface area contributed by atoms with Gasteiger partial charge < -0.3 is 10.1 Å². The Balaban J connectivity index is 1.53. The van der Waals surface area contributed by atoms with Crippen molar-refractivity contribution in [3.63, 3.8) is 0 Å². The zero-order chi connectivity index (χ0) is 17.6. The predicted molar refractivity (Wildman–Crippen MR) is 97.1 cm³/mol. The van der Waals surface area contributed by atoms with Gasteiger partial charge in [-0.25, -0.2) is 24.9 Å². The monoisotopic (exact) mass is 342 g/mol. The minimum absolute atomic E-state index is 0.396. The summed E-state index contributed by atoms with van der Waals surface area (Å²) in [6.45, 7) is 0. The summed E-state index contributed by atoms with van der Waals surface area (Å²) in [6, 6.07) is 13.2. The molecule has 0 spiro atoms. The van der Waals surface area contributed by atoms with Gasteiger partial charge in [0.2, 0.25) is 5.88 Å². The zero-order valence-electron chi connectivity index (χ0n) is 13.6. The molecule has 3 aromatic heterocycles. The number of hydrogen-bond donors (Lipinski definition) is 1. The van der Waals surface area contributed by atoms with E-state index in [9.17, 15) is 0 Å². The van der Waals surface area contributed by atoms with Gasteiger partial charge in [0.25, 0.3) is 0 Å². The average Bonchev–Trinajstić information content (AvgIpc) is 2.71. The normalized spacial score (nSPS) is 10.3. The first-order chi connectivity index (χ1) is 12.9. The highest BCUT2D eigenvalue weighted by Gasteiger charge is 2.10. The molecule has 0 bridgehead atoms. The third kappa shape index (κ3) is 3.62. The lowest BCUT2D eigenvalue weighted by Gasteiger charge is -2.10. The molecule has 26 heavy (non-hydrogen) atoms. The lowest BCUT2D eigenvalue weighted by atomic mass is 10.2. The minimum atomic E-state index is 0.396. The second kappa shape index (κ2) is 7.35. The van der Waals surface area contributed by atoms with E-state index >= 15 is 0 Å². The molecule has 0 atom stereocenters. The fourth-order valence-corrected chi connectivity index (χ4v) is 2.32. The Morgan fingerprint density at radius 2 is 1.58 bits per heavy atom. The quantitative estimate of drug-likeness (QED) is 0.589. The van der Waals surface area contributed by atoms with Gasteiger partial charge in [-0.1, -0.05) is 6.07 Å². The molecule has 0 fully saturated rings. The summed E-state index contributed by atoms with van der Waals surface area (Å²) in [5, 5.41) is 3.22. The minimum Gasteiger partial charge on any atom is -0.437 e. The van der Waals surface area contributed by atoms with E-state index in [2.05, 4.69) is 30.2 Å². The van der Waals surface area contributed by atoms with Crippen molar-refractivity contribution in [1.29, 1.82) is 0 Å². The Morgan fingerprint density at radius 3 is 2.35 bits per heavy atom. The lowest BCUT2D eigenvalue weighted by Crippen LogP contribution is -1.96. The van der Waals surface area contributed by atoms with Crippen LogP contribution >= 0.6 is 0 Å². The second-order valence-electron chi connectivity index (χ2n) is 5.30. The molecule has 0 saturated heterocycles. The first-order valence-corrected chi connectivity index (χ1v) is 7.91. The van der Waals surface area contributed by atoms with Crippen LogP contribution in [0.4, 0.5) is 11.5 Å². The predicted octanol–water partition coefficient (Wildman–Crippen LogP) is 3.86. The van der Waals surface area contributed by atoms with E-state index in [0.717, 1.165) is 17.1 Å². The highest BCUT2D eigenvalue weighted by molar-refractivity contribution is 5.63. The Labute approximate surface area is 149 Å². The van der Waals surface area contributed by atoms with Gasteiger partial charge in [0.15, 0.2) is 0 Å². The number of anilines is 2. The van der Waals surface area contributed by atoms with Gasteiger partial charge in [0.05, 0.1) is 0 Å². The number of rotatable bonds is 5. The van der Waals surface area contributed by atoms with Crippen LogP contribution in [0.25, 0.3) is 11.3 Å². The Kier molecular flexibility index (Phi) is 4.42. The van der Waals surface area contributed by atoms with Gasteiger partial charge in [-0.3, -0.25) is 0 Å². The van der Waals surface area contributed by atoms with Gasteiger partial charge in [0, 0.05) is 42.2 Å². The fraction of sp³-hybridized carbons (Fsp3) is 0. The number of nitrogens with one attached hydrogen (secondary N) is 1. The molecule has 0 saturated carbocycles. The summed E-state index contributed by atoms with van der Waals surface area (Å²) in [6.07, 6.45) is 9.73. The number of aromatic nitrogens is 5. The number of hydrogen-bond acceptors (Lipinski definition) is 7. The molecule has 0 aliphatic rings. The van der Waals surface area contributed by atoms with Crippen LogP contribution in [0.2, 0.25) is 0 Å². The van der Waals surface area contributed by atoms with Crippen molar-refractivity contribution in [3.05, 3.63) is 79.8 Å². The molecule has 7 nitrogen and oxygen atoms in total. The van der Waals surface area contributed by atoms with E-state index in [0.29, 0.717) is 17.3 Å². The van der Waals surface area contributed by atoms with Crippen molar-refractivity contribution in [3.8, 4) is 22.9 Å². The molecule has 7 heteroatoms. The molecule has 0 aliphatic carbocycles. The van der Waals surface area contributed by atoms with Crippen LogP contribution in [-0.2, 0) is 0 Å². The number of nitrogens with zero attached hydrogens (tertiary/aromatic N) is 5. The van der Waals surface area contributed by atoms with Gasteiger partial charge in [-0.05, 0) is 36.4 Å². The third-order valence-corrected chi connectivity index (χ3v) is 3.50. The van der Waals surface area contributed by atoms with E-state index in [1.54, 1.807) is 31.0 Å². The Morgan fingerprint density at radius 1 is 0.769 bits per heavy atom. The van der Waals surface area contributed by atoms with Crippen LogP contribution in [0.1, 0.15) is 0 Å². The molecule has 126 valence electrons. The summed E-state index contributed by atoms with van der Waals surface area (Å²) >= 11 is 0. The van der Waals surface area contributed by atoms with Crippen molar-refractivity contribution >= 4 is 11.5 Å². The van der Waals surface area contributed by atoms with Crippen LogP contribution in [0.15, 0.2) is 79.8 Å². The molecule has 4 rings (SSSR count). The van der Waals surface area contributed by atoms with E-state index < -0.39 is 0 Å². The first-order valence-electron chi connectivity index (χ1n) is 7.91. The zero-order valence-corrected chi connectivity index (χ0v) is 13.6. The first kappa shape index (κ1) is 15.6. The van der Waals surface area contributed by atoms with Crippen molar-refractivity contribution in [1.82, 2.24) is 24.9 Å². The van der Waals surface area contributed by atoms with Crippen LogP contribution < -0.4 is 10.1 Å². The van der Waals surface area contributed by atoms with Gasteiger partial charge in [0.1, 0.15) is 23.6 Å². The molecular weight excluding hydrogens is 328 g/mol. The van der Waals surface area contributed by atoms with Crippen molar-refractivity contribution in [2.45, 2.75) is 0 Å². The van der Waals surface area contributed by atoms with Crippen LogP contribution in [0.5, 0.6) is 11.6 Å². The van der Waals surface area contributed by atoms with Crippen LogP contribution in [0.3, 0.4) is 0 Å². The Hall–Kier alpha value is -3.87. The fourth-order valence-electron chi connectivity index (χ4n) is 2.32. The van der Waals surface area contributed by atoms with E-state index in [4.69, 9.17) is 4.74 Å². The van der Waals surface area contributed by atoms with Crippen molar-refractivity contribution in [2.24, 2.45) is 0 Å². The number of benzene rings is 1. The largest absolute Gasteiger partial charge is 0.437 e. The molecule has 1 aromatic carbocycles. The maximum atomic E-state index is 5.90. The molecule has 0 unspecified atom stereocenters. The Bertz CT molecular complexity index is 978. The third-order valence-electron chi connectivity index (χ3n) is 3.50. The molecular formula is C19H14N6O.